The molecule has 2 aliphatic heterocycles. The first-order chi connectivity index (χ1) is 13.6. The number of hydrogen-bond donors (Lipinski definition) is 0. The van der Waals surface area contributed by atoms with Crippen LogP contribution < -0.4 is 4.90 Å². The predicted molar refractivity (Wildman–Crippen MR) is 104 cm³/mol. The fourth-order valence-electron chi connectivity index (χ4n) is 5.38. The van der Waals surface area contributed by atoms with Gasteiger partial charge in [-0.2, -0.15) is 0 Å². The fourth-order valence-corrected chi connectivity index (χ4v) is 5.38. The van der Waals surface area contributed by atoms with Crippen molar-refractivity contribution in [2.24, 2.45) is 23.7 Å². The van der Waals surface area contributed by atoms with Gasteiger partial charge in [0.2, 0.25) is 17.7 Å². The van der Waals surface area contributed by atoms with Crippen molar-refractivity contribution >= 4 is 23.4 Å². The molecule has 2 heterocycles. The smallest absolute Gasteiger partial charge is 0.242 e. The first-order valence-corrected chi connectivity index (χ1v) is 10.2. The van der Waals surface area contributed by atoms with Crippen LogP contribution in [0.15, 0.2) is 42.5 Å². The largest absolute Gasteiger partial charge is 0.368 e. The standard InChI is InChI=1S/C22H25N3O3/c26-18(24-12-10-23(11-13-24)17-4-2-1-3-5-17)14-25-21(27)19-15-6-7-16(9-8-15)20(19)22(25)28/h1-7,15-16,19-20H,8-14H2. The van der Waals surface area contributed by atoms with Crippen molar-refractivity contribution in [3.8, 4) is 0 Å². The van der Waals surface area contributed by atoms with E-state index in [4.69, 9.17) is 0 Å². The van der Waals surface area contributed by atoms with E-state index in [1.807, 2.05) is 18.2 Å². The summed E-state index contributed by atoms with van der Waals surface area (Å²) in [4.78, 5) is 43.9. The average Bonchev–Trinajstić information content (AvgIpc) is 3.02. The summed E-state index contributed by atoms with van der Waals surface area (Å²) in [6.07, 6.45) is 6.17. The Morgan fingerprint density at radius 1 is 0.857 bits per heavy atom. The van der Waals surface area contributed by atoms with E-state index in [9.17, 15) is 14.4 Å². The van der Waals surface area contributed by atoms with Crippen LogP contribution in [0.5, 0.6) is 0 Å². The van der Waals surface area contributed by atoms with Crippen LogP contribution >= 0.6 is 0 Å². The molecule has 146 valence electrons. The Balaban J connectivity index is 1.22. The molecule has 0 aromatic heterocycles. The van der Waals surface area contributed by atoms with Gasteiger partial charge in [-0.25, -0.2) is 0 Å². The first-order valence-electron chi connectivity index (χ1n) is 10.2. The maximum Gasteiger partial charge on any atom is 0.242 e. The van der Waals surface area contributed by atoms with Gasteiger partial charge in [0, 0.05) is 31.9 Å². The van der Waals surface area contributed by atoms with Gasteiger partial charge < -0.3 is 9.80 Å². The summed E-state index contributed by atoms with van der Waals surface area (Å²) in [5, 5.41) is 0. The van der Waals surface area contributed by atoms with Crippen molar-refractivity contribution in [3.63, 3.8) is 0 Å². The number of carbonyl (C=O) groups excluding carboxylic acids is 3. The Hall–Kier alpha value is -2.63. The van der Waals surface area contributed by atoms with Crippen LogP contribution in [0.3, 0.4) is 0 Å². The van der Waals surface area contributed by atoms with Gasteiger partial charge in [0.05, 0.1) is 11.8 Å². The molecular weight excluding hydrogens is 354 g/mol. The number of fused-ring (bicyclic) bond motifs is 1. The molecule has 2 bridgehead atoms. The molecule has 0 N–H and O–H groups in total. The van der Waals surface area contributed by atoms with Gasteiger partial charge in [0.25, 0.3) is 0 Å². The topological polar surface area (TPSA) is 60.9 Å². The summed E-state index contributed by atoms with van der Waals surface area (Å²) in [6, 6.07) is 10.2. The maximum atomic E-state index is 12.9. The van der Waals surface area contributed by atoms with E-state index < -0.39 is 0 Å². The Morgan fingerprint density at radius 2 is 1.43 bits per heavy atom. The van der Waals surface area contributed by atoms with Crippen molar-refractivity contribution in [2.45, 2.75) is 12.8 Å². The van der Waals surface area contributed by atoms with Gasteiger partial charge in [0.1, 0.15) is 6.54 Å². The number of anilines is 1. The Labute approximate surface area is 164 Å². The molecule has 3 amide bonds. The lowest BCUT2D eigenvalue weighted by atomic mass is 9.63. The Morgan fingerprint density at radius 3 is 1.96 bits per heavy atom. The average molecular weight is 379 g/mol. The van der Waals surface area contributed by atoms with Gasteiger partial charge in [-0.3, -0.25) is 19.3 Å². The van der Waals surface area contributed by atoms with Crippen molar-refractivity contribution in [3.05, 3.63) is 42.5 Å². The molecule has 0 radical (unpaired) electrons. The molecule has 3 aliphatic carbocycles. The van der Waals surface area contributed by atoms with E-state index in [1.54, 1.807) is 4.90 Å². The normalized spacial score (nSPS) is 31.5. The van der Waals surface area contributed by atoms with Crippen LogP contribution in [-0.2, 0) is 14.4 Å². The van der Waals surface area contributed by atoms with Gasteiger partial charge >= 0.3 is 0 Å². The number of amides is 3. The van der Waals surface area contributed by atoms with Gasteiger partial charge in [-0.05, 0) is 36.8 Å². The number of carbonyl (C=O) groups is 3. The number of likely N-dealkylation sites (tertiary alicyclic amines) is 1. The minimum Gasteiger partial charge on any atom is -0.368 e. The summed E-state index contributed by atoms with van der Waals surface area (Å²) >= 11 is 0. The molecular formula is C22H25N3O3. The summed E-state index contributed by atoms with van der Waals surface area (Å²) in [7, 11) is 0. The number of allylic oxidation sites excluding steroid dienone is 2. The lowest BCUT2D eigenvalue weighted by Crippen LogP contribution is -2.52. The molecule has 28 heavy (non-hydrogen) atoms. The summed E-state index contributed by atoms with van der Waals surface area (Å²) in [5.74, 6) is -0.524. The SMILES string of the molecule is O=C(CN1C(=O)C2C3C=CC(CC3)C2C1=O)N1CCN(c2ccccc2)CC1. The number of nitrogens with zero attached hydrogens (tertiary/aromatic N) is 3. The van der Waals surface area contributed by atoms with Gasteiger partial charge in [0.15, 0.2) is 0 Å². The molecule has 1 saturated carbocycles. The molecule has 6 nitrogen and oxygen atoms in total. The van der Waals surface area contributed by atoms with Crippen LogP contribution in [0.25, 0.3) is 0 Å². The van der Waals surface area contributed by atoms with Crippen LogP contribution in [0, 0.1) is 23.7 Å². The molecule has 2 saturated heterocycles. The minimum atomic E-state index is -0.237. The minimum absolute atomic E-state index is 0.102. The quantitative estimate of drug-likeness (QED) is 0.590. The van der Waals surface area contributed by atoms with E-state index in [-0.39, 0.29) is 47.9 Å². The summed E-state index contributed by atoms with van der Waals surface area (Å²) < 4.78 is 0. The van der Waals surface area contributed by atoms with Crippen molar-refractivity contribution in [2.75, 3.05) is 37.6 Å². The summed E-state index contributed by atoms with van der Waals surface area (Å²) in [6.45, 7) is 2.65. The molecule has 0 spiro atoms. The highest BCUT2D eigenvalue weighted by Crippen LogP contribution is 2.49. The van der Waals surface area contributed by atoms with E-state index in [0.29, 0.717) is 13.1 Å². The number of benzene rings is 1. The lowest BCUT2D eigenvalue weighted by molar-refractivity contribution is -0.146. The zero-order chi connectivity index (χ0) is 19.3. The number of para-hydroxylation sites is 1. The van der Waals surface area contributed by atoms with Crippen molar-refractivity contribution in [1.82, 2.24) is 9.80 Å². The van der Waals surface area contributed by atoms with Gasteiger partial charge in [-0.1, -0.05) is 30.4 Å². The van der Waals surface area contributed by atoms with Crippen LogP contribution in [-0.4, -0.2) is 60.2 Å². The van der Waals surface area contributed by atoms with E-state index in [2.05, 4.69) is 29.2 Å². The van der Waals surface area contributed by atoms with Crippen molar-refractivity contribution < 1.29 is 14.4 Å². The monoisotopic (exact) mass is 379 g/mol. The second kappa shape index (κ2) is 6.76. The highest BCUT2D eigenvalue weighted by atomic mass is 16.2. The number of imide groups is 1. The number of piperazine rings is 1. The molecule has 1 aromatic rings. The van der Waals surface area contributed by atoms with Crippen LogP contribution in [0.1, 0.15) is 12.8 Å². The molecule has 3 fully saturated rings. The highest BCUT2D eigenvalue weighted by Gasteiger charge is 2.56. The van der Waals surface area contributed by atoms with Crippen LogP contribution in [0.4, 0.5) is 5.69 Å². The van der Waals surface area contributed by atoms with Crippen LogP contribution in [0.2, 0.25) is 0 Å². The lowest BCUT2D eigenvalue weighted by Gasteiger charge is -2.38. The first kappa shape index (κ1) is 17.5. The highest BCUT2D eigenvalue weighted by molar-refractivity contribution is 6.08. The van der Waals surface area contributed by atoms with E-state index >= 15 is 0 Å². The number of rotatable bonds is 3. The Kier molecular flexibility index (Phi) is 4.22. The molecule has 6 rings (SSSR count). The molecule has 5 aliphatic rings. The maximum absolute atomic E-state index is 12.9. The fraction of sp³-hybridized carbons (Fsp3) is 0.500. The van der Waals surface area contributed by atoms with Crippen molar-refractivity contribution in [1.29, 1.82) is 0 Å². The predicted octanol–water partition coefficient (Wildman–Crippen LogP) is 1.53. The summed E-state index contributed by atoms with van der Waals surface area (Å²) in [5.41, 5.74) is 1.16. The van der Waals surface area contributed by atoms with E-state index in [0.717, 1.165) is 31.6 Å². The van der Waals surface area contributed by atoms with E-state index in [1.165, 1.54) is 4.90 Å². The zero-order valence-corrected chi connectivity index (χ0v) is 15.9. The molecule has 4 unspecified atom stereocenters. The molecule has 4 atom stereocenters. The third-order valence-electron chi connectivity index (χ3n) is 6.90. The molecule has 1 aromatic carbocycles. The Bertz CT molecular complexity index is 797. The third kappa shape index (κ3) is 2.74. The third-order valence-corrected chi connectivity index (χ3v) is 6.90. The zero-order valence-electron chi connectivity index (χ0n) is 15.9. The molecule has 6 heteroatoms. The van der Waals surface area contributed by atoms with Gasteiger partial charge in [-0.15, -0.1) is 0 Å². The second-order valence-corrected chi connectivity index (χ2v) is 8.31. The second-order valence-electron chi connectivity index (χ2n) is 8.31. The number of hydrogen-bond acceptors (Lipinski definition) is 4.